The minimum Gasteiger partial charge on any atom is -0.464 e. The summed E-state index contributed by atoms with van der Waals surface area (Å²) in [5.41, 5.74) is 1.56. The maximum atomic E-state index is 14.0. The number of ether oxygens (including phenoxy) is 4. The first-order valence-electron chi connectivity index (χ1n) is 13.9. The number of amides is 2. The van der Waals surface area contributed by atoms with Gasteiger partial charge in [0.1, 0.15) is 12.1 Å². The molecule has 43 heavy (non-hydrogen) atoms. The molecule has 10 nitrogen and oxygen atoms in total. The maximum absolute atomic E-state index is 14.0. The number of carbonyl (C=O) groups excluding carboxylic acids is 2. The van der Waals surface area contributed by atoms with Crippen LogP contribution in [0.2, 0.25) is 5.02 Å². The fourth-order valence-electron chi connectivity index (χ4n) is 5.03. The van der Waals surface area contributed by atoms with E-state index in [0.29, 0.717) is 57.5 Å². The van der Waals surface area contributed by atoms with Crippen LogP contribution in [0, 0.1) is 0 Å². The minimum absolute atomic E-state index is 0.0438. The average Bonchev–Trinajstić information content (AvgIpc) is 3.69. The molecule has 2 aliphatic rings. The predicted molar refractivity (Wildman–Crippen MR) is 158 cm³/mol. The van der Waals surface area contributed by atoms with E-state index in [4.69, 9.17) is 35.0 Å². The summed E-state index contributed by atoms with van der Waals surface area (Å²) >= 11 is 6.14. The highest BCUT2D eigenvalue weighted by atomic mass is 35.5. The molecule has 2 amide bonds. The molecule has 4 aromatic rings. The van der Waals surface area contributed by atoms with Crippen molar-refractivity contribution in [2.24, 2.45) is 0 Å². The Bertz CT molecular complexity index is 1750. The third-order valence-electron chi connectivity index (χ3n) is 7.34. The van der Waals surface area contributed by atoms with Crippen molar-refractivity contribution < 1.29 is 33.0 Å². The standard InChI is InChI=1S/C32H29ClN2O8/c1-2-3-10-34(32(38)21-5-8-27-29(12-21)43-19-41-27)16-30(36)35(14-20-4-7-26-28(11-20)42-18-40-26)15-22-17-39-25-9-6-23(33)13-24(25)31(22)37/h4-9,11-13,17H,2-3,10,14-16,18-19H2,1H3. The number of rotatable bonds is 10. The Morgan fingerprint density at radius 1 is 0.837 bits per heavy atom. The second-order valence-electron chi connectivity index (χ2n) is 10.3. The number of halogens is 1. The molecule has 0 N–H and O–H groups in total. The van der Waals surface area contributed by atoms with Crippen LogP contribution in [0.1, 0.15) is 41.3 Å². The van der Waals surface area contributed by atoms with Gasteiger partial charge >= 0.3 is 0 Å². The summed E-state index contributed by atoms with van der Waals surface area (Å²) < 4.78 is 27.5. The predicted octanol–water partition coefficient (Wildman–Crippen LogP) is 5.38. The van der Waals surface area contributed by atoms with Crippen LogP contribution in [-0.2, 0) is 17.9 Å². The number of hydrogen-bond acceptors (Lipinski definition) is 8. The number of benzene rings is 3. The lowest BCUT2D eigenvalue weighted by Crippen LogP contribution is -2.43. The van der Waals surface area contributed by atoms with Crippen LogP contribution >= 0.6 is 11.6 Å². The number of hydrogen-bond donors (Lipinski definition) is 0. The van der Waals surface area contributed by atoms with Gasteiger partial charge in [-0.15, -0.1) is 0 Å². The molecule has 0 unspecified atom stereocenters. The molecule has 0 spiro atoms. The van der Waals surface area contributed by atoms with Crippen LogP contribution in [0.5, 0.6) is 23.0 Å². The number of unbranched alkanes of at least 4 members (excludes halogenated alkanes) is 1. The summed E-state index contributed by atoms with van der Waals surface area (Å²) in [7, 11) is 0. The zero-order chi connectivity index (χ0) is 29.9. The summed E-state index contributed by atoms with van der Waals surface area (Å²) in [6, 6.07) is 15.2. The van der Waals surface area contributed by atoms with E-state index < -0.39 is 0 Å². The summed E-state index contributed by atoms with van der Waals surface area (Å²) in [5, 5.41) is 0.724. The molecule has 0 bridgehead atoms. The van der Waals surface area contributed by atoms with Gasteiger partial charge in [-0.3, -0.25) is 14.4 Å². The highest BCUT2D eigenvalue weighted by Gasteiger charge is 2.26. The highest BCUT2D eigenvalue weighted by Crippen LogP contribution is 2.34. The van der Waals surface area contributed by atoms with Crippen molar-refractivity contribution >= 4 is 34.4 Å². The molecule has 3 aromatic carbocycles. The Morgan fingerprint density at radius 2 is 1.56 bits per heavy atom. The molecular weight excluding hydrogens is 576 g/mol. The number of fused-ring (bicyclic) bond motifs is 3. The fraction of sp³-hybridized carbons (Fsp3) is 0.281. The van der Waals surface area contributed by atoms with Crippen molar-refractivity contribution in [1.29, 1.82) is 0 Å². The van der Waals surface area contributed by atoms with Gasteiger partial charge in [0, 0.05) is 23.7 Å². The smallest absolute Gasteiger partial charge is 0.254 e. The van der Waals surface area contributed by atoms with Gasteiger partial charge in [0.2, 0.25) is 19.5 Å². The van der Waals surface area contributed by atoms with Crippen molar-refractivity contribution in [2.75, 3.05) is 26.7 Å². The molecule has 11 heteroatoms. The van der Waals surface area contributed by atoms with E-state index in [1.807, 2.05) is 13.0 Å². The van der Waals surface area contributed by atoms with Gasteiger partial charge < -0.3 is 33.2 Å². The molecule has 0 atom stereocenters. The van der Waals surface area contributed by atoms with E-state index in [0.717, 1.165) is 12.0 Å². The van der Waals surface area contributed by atoms with Crippen LogP contribution in [0.25, 0.3) is 11.0 Å². The lowest BCUT2D eigenvalue weighted by molar-refractivity contribution is -0.133. The second kappa shape index (κ2) is 12.3. The van der Waals surface area contributed by atoms with Gasteiger partial charge in [-0.05, 0) is 60.5 Å². The molecule has 222 valence electrons. The second-order valence-corrected chi connectivity index (χ2v) is 10.8. The number of carbonyl (C=O) groups is 2. The Kier molecular flexibility index (Phi) is 8.11. The summed E-state index contributed by atoms with van der Waals surface area (Å²) in [5.74, 6) is 1.61. The lowest BCUT2D eigenvalue weighted by atomic mass is 10.1. The first kappa shape index (κ1) is 28.4. The van der Waals surface area contributed by atoms with E-state index in [9.17, 15) is 14.4 Å². The Hall–Kier alpha value is -4.70. The minimum atomic E-state index is -0.339. The monoisotopic (exact) mass is 604 g/mol. The molecule has 3 heterocycles. The Morgan fingerprint density at radius 3 is 2.33 bits per heavy atom. The summed E-state index contributed by atoms with van der Waals surface area (Å²) in [4.78, 5) is 44.1. The van der Waals surface area contributed by atoms with E-state index in [1.54, 1.807) is 48.5 Å². The largest absolute Gasteiger partial charge is 0.464 e. The Labute approximate surface area is 252 Å². The van der Waals surface area contributed by atoms with Crippen molar-refractivity contribution in [3.05, 3.63) is 92.8 Å². The van der Waals surface area contributed by atoms with Crippen LogP contribution in [0.3, 0.4) is 0 Å². The van der Waals surface area contributed by atoms with Crippen LogP contribution in [0.4, 0.5) is 0 Å². The lowest BCUT2D eigenvalue weighted by Gasteiger charge is -2.28. The van der Waals surface area contributed by atoms with E-state index in [-0.39, 0.29) is 56.0 Å². The van der Waals surface area contributed by atoms with Gasteiger partial charge in [0.05, 0.1) is 23.8 Å². The average molecular weight is 605 g/mol. The van der Waals surface area contributed by atoms with Gasteiger partial charge in [0.15, 0.2) is 28.4 Å². The maximum Gasteiger partial charge on any atom is 0.254 e. The van der Waals surface area contributed by atoms with E-state index in [2.05, 4.69) is 0 Å². The van der Waals surface area contributed by atoms with Crippen molar-refractivity contribution in [2.45, 2.75) is 32.9 Å². The van der Waals surface area contributed by atoms with Crippen molar-refractivity contribution in [3.63, 3.8) is 0 Å². The fourth-order valence-corrected chi connectivity index (χ4v) is 5.20. The third-order valence-corrected chi connectivity index (χ3v) is 7.58. The zero-order valence-electron chi connectivity index (χ0n) is 23.5. The highest BCUT2D eigenvalue weighted by molar-refractivity contribution is 6.31. The summed E-state index contributed by atoms with van der Waals surface area (Å²) in [6.45, 7) is 2.53. The molecule has 6 rings (SSSR count). The zero-order valence-corrected chi connectivity index (χ0v) is 24.2. The van der Waals surface area contributed by atoms with Crippen molar-refractivity contribution in [3.8, 4) is 23.0 Å². The topological polar surface area (TPSA) is 108 Å². The third kappa shape index (κ3) is 6.10. The summed E-state index contributed by atoms with van der Waals surface area (Å²) in [6.07, 6.45) is 2.91. The van der Waals surface area contributed by atoms with Crippen LogP contribution < -0.4 is 24.4 Å². The molecule has 0 aliphatic carbocycles. The first-order valence-corrected chi connectivity index (χ1v) is 14.3. The molecule has 1 aromatic heterocycles. The van der Waals surface area contributed by atoms with Crippen LogP contribution in [0.15, 0.2) is 70.1 Å². The molecule has 0 radical (unpaired) electrons. The number of nitrogens with zero attached hydrogens (tertiary/aromatic N) is 2. The normalized spacial score (nSPS) is 12.9. The Balaban J connectivity index is 1.29. The van der Waals surface area contributed by atoms with E-state index >= 15 is 0 Å². The van der Waals surface area contributed by atoms with Gasteiger partial charge in [0.25, 0.3) is 5.91 Å². The SMILES string of the molecule is CCCCN(CC(=O)N(Cc1ccc2c(c1)OCO2)Cc1coc2ccc(Cl)cc2c1=O)C(=O)c1ccc2c(c1)OCO2. The van der Waals surface area contributed by atoms with Crippen LogP contribution in [-0.4, -0.2) is 48.3 Å². The molecule has 2 aliphatic heterocycles. The molecule has 0 fully saturated rings. The van der Waals surface area contributed by atoms with Gasteiger partial charge in [-0.1, -0.05) is 31.0 Å². The molecule has 0 saturated carbocycles. The van der Waals surface area contributed by atoms with Gasteiger partial charge in [-0.2, -0.15) is 0 Å². The quantitative estimate of drug-likeness (QED) is 0.238. The van der Waals surface area contributed by atoms with Gasteiger partial charge in [-0.25, -0.2) is 0 Å². The first-order chi connectivity index (χ1) is 20.9. The van der Waals surface area contributed by atoms with Crippen molar-refractivity contribution in [1.82, 2.24) is 9.80 Å². The molecule has 0 saturated heterocycles. The molecular formula is C32H29ClN2O8. The van der Waals surface area contributed by atoms with E-state index in [1.165, 1.54) is 16.1 Å².